The fourth-order valence-electron chi connectivity index (χ4n) is 0.955. The molecule has 0 rings (SSSR count). The van der Waals surface area contributed by atoms with Crippen LogP contribution in [0.4, 0.5) is 0 Å². The van der Waals surface area contributed by atoms with Gasteiger partial charge in [0.25, 0.3) is 0 Å². The molecule has 0 aromatic heterocycles. The highest BCUT2D eigenvalue weighted by Gasteiger charge is 2.20. The molecule has 0 aromatic rings. The van der Waals surface area contributed by atoms with Gasteiger partial charge < -0.3 is 10.1 Å². The Balaban J connectivity index is 3.92. The molecule has 0 aliphatic rings. The third kappa shape index (κ3) is 3.37. The minimum absolute atomic E-state index is 0.162. The molecule has 0 saturated heterocycles. The second kappa shape index (κ2) is 5.13. The maximum absolute atomic E-state index is 11.1. The molecular weight excluding hydrogens is 142 g/mol. The largest absolute Gasteiger partial charge is 0.465 e. The molecule has 0 heterocycles. The van der Waals surface area contributed by atoms with Crippen molar-refractivity contribution >= 4 is 5.97 Å². The summed E-state index contributed by atoms with van der Waals surface area (Å²) in [6.45, 7) is 6.23. The van der Waals surface area contributed by atoms with E-state index in [1.807, 2.05) is 20.8 Å². The fourth-order valence-corrected chi connectivity index (χ4v) is 0.955. The average molecular weight is 159 g/mol. The van der Waals surface area contributed by atoms with Crippen LogP contribution in [0.1, 0.15) is 20.8 Å². The molecule has 0 aliphatic heterocycles. The van der Waals surface area contributed by atoms with Crippen molar-refractivity contribution in [2.75, 3.05) is 13.7 Å². The molecule has 11 heavy (non-hydrogen) atoms. The highest BCUT2D eigenvalue weighted by atomic mass is 16.5. The highest BCUT2D eigenvalue weighted by molar-refractivity contribution is 5.75. The number of hydrogen-bond donors (Lipinski definition) is 1. The molecule has 66 valence electrons. The SMILES string of the molecule is CCOC(=O)C(NC)C(C)C. The van der Waals surface area contributed by atoms with E-state index in [1.165, 1.54) is 0 Å². The molecule has 3 heteroatoms. The van der Waals surface area contributed by atoms with Crippen LogP contribution in [0.3, 0.4) is 0 Å². The van der Waals surface area contributed by atoms with Crippen LogP contribution in [0.5, 0.6) is 0 Å². The van der Waals surface area contributed by atoms with Crippen molar-refractivity contribution in [1.29, 1.82) is 0 Å². The van der Waals surface area contributed by atoms with E-state index >= 15 is 0 Å². The monoisotopic (exact) mass is 159 g/mol. The van der Waals surface area contributed by atoms with Crippen LogP contribution in [-0.4, -0.2) is 25.7 Å². The number of hydrogen-bond acceptors (Lipinski definition) is 3. The summed E-state index contributed by atoms with van der Waals surface area (Å²) in [5, 5.41) is 2.91. The van der Waals surface area contributed by atoms with Crippen LogP contribution in [0.15, 0.2) is 0 Å². The minimum atomic E-state index is -0.171. The van der Waals surface area contributed by atoms with E-state index in [0.717, 1.165) is 0 Å². The Morgan fingerprint density at radius 1 is 1.55 bits per heavy atom. The van der Waals surface area contributed by atoms with Gasteiger partial charge >= 0.3 is 5.97 Å². The summed E-state index contributed by atoms with van der Waals surface area (Å²) in [6.07, 6.45) is 0. The Bertz CT molecular complexity index is 123. The molecule has 0 bridgehead atoms. The topological polar surface area (TPSA) is 38.3 Å². The summed E-state index contributed by atoms with van der Waals surface area (Å²) >= 11 is 0. The number of nitrogens with one attached hydrogen (secondary N) is 1. The van der Waals surface area contributed by atoms with Crippen LogP contribution in [0, 0.1) is 5.92 Å². The zero-order valence-corrected chi connectivity index (χ0v) is 7.68. The van der Waals surface area contributed by atoms with Crippen LogP contribution in [-0.2, 0) is 9.53 Å². The molecule has 0 spiro atoms. The minimum Gasteiger partial charge on any atom is -0.465 e. The summed E-state index contributed by atoms with van der Waals surface area (Å²) in [5.74, 6) is 0.115. The van der Waals surface area contributed by atoms with Gasteiger partial charge in [-0.15, -0.1) is 0 Å². The van der Waals surface area contributed by atoms with Crippen LogP contribution < -0.4 is 5.32 Å². The van der Waals surface area contributed by atoms with Crippen LogP contribution in [0.25, 0.3) is 0 Å². The van der Waals surface area contributed by atoms with Crippen molar-refractivity contribution in [2.24, 2.45) is 5.92 Å². The molecule has 1 unspecified atom stereocenters. The predicted molar refractivity (Wildman–Crippen MR) is 44.3 cm³/mol. The van der Waals surface area contributed by atoms with Crippen LogP contribution >= 0.6 is 0 Å². The van der Waals surface area contributed by atoms with Crippen LogP contribution in [0.2, 0.25) is 0 Å². The Hall–Kier alpha value is -0.570. The first-order valence-corrected chi connectivity index (χ1v) is 3.97. The second-order valence-electron chi connectivity index (χ2n) is 2.76. The Morgan fingerprint density at radius 2 is 2.09 bits per heavy atom. The third-order valence-corrected chi connectivity index (χ3v) is 1.52. The lowest BCUT2D eigenvalue weighted by atomic mass is 10.1. The van der Waals surface area contributed by atoms with Crippen molar-refractivity contribution in [3.8, 4) is 0 Å². The molecule has 1 N–H and O–H groups in total. The van der Waals surface area contributed by atoms with Gasteiger partial charge in [0, 0.05) is 0 Å². The number of carbonyl (C=O) groups excluding carboxylic acids is 1. The molecule has 1 atom stereocenters. The van der Waals surface area contributed by atoms with E-state index in [0.29, 0.717) is 6.61 Å². The smallest absolute Gasteiger partial charge is 0.323 e. The molecule has 0 radical (unpaired) electrons. The van der Waals surface area contributed by atoms with Crippen molar-refractivity contribution in [3.05, 3.63) is 0 Å². The van der Waals surface area contributed by atoms with Gasteiger partial charge in [-0.05, 0) is 19.9 Å². The van der Waals surface area contributed by atoms with E-state index < -0.39 is 0 Å². The van der Waals surface area contributed by atoms with Crippen molar-refractivity contribution < 1.29 is 9.53 Å². The van der Waals surface area contributed by atoms with Gasteiger partial charge in [0.2, 0.25) is 0 Å². The van der Waals surface area contributed by atoms with Gasteiger partial charge in [0.05, 0.1) is 6.61 Å². The fraction of sp³-hybridized carbons (Fsp3) is 0.875. The number of likely N-dealkylation sites (N-methyl/N-ethyl adjacent to an activating group) is 1. The van der Waals surface area contributed by atoms with Crippen molar-refractivity contribution in [2.45, 2.75) is 26.8 Å². The standard InChI is InChI=1S/C8H17NO2/c1-5-11-8(10)7(9-4)6(2)3/h6-7,9H,5H2,1-4H3. The maximum Gasteiger partial charge on any atom is 0.323 e. The van der Waals surface area contributed by atoms with Gasteiger partial charge in [-0.2, -0.15) is 0 Å². The van der Waals surface area contributed by atoms with Crippen molar-refractivity contribution in [1.82, 2.24) is 5.32 Å². The number of esters is 1. The quantitative estimate of drug-likeness (QED) is 0.616. The van der Waals surface area contributed by atoms with E-state index in [9.17, 15) is 4.79 Å². The zero-order chi connectivity index (χ0) is 8.85. The Morgan fingerprint density at radius 3 is 2.36 bits per heavy atom. The Labute approximate surface area is 68.1 Å². The number of carbonyl (C=O) groups is 1. The molecule has 0 amide bonds. The molecule has 0 saturated carbocycles. The van der Waals surface area contributed by atoms with Gasteiger partial charge in [-0.1, -0.05) is 13.8 Å². The normalized spacial score (nSPS) is 13.2. The van der Waals surface area contributed by atoms with Gasteiger partial charge in [0.1, 0.15) is 6.04 Å². The van der Waals surface area contributed by atoms with Crippen molar-refractivity contribution in [3.63, 3.8) is 0 Å². The van der Waals surface area contributed by atoms with E-state index in [1.54, 1.807) is 7.05 Å². The number of rotatable bonds is 4. The maximum atomic E-state index is 11.1. The molecule has 0 fully saturated rings. The van der Waals surface area contributed by atoms with Gasteiger partial charge in [-0.25, -0.2) is 0 Å². The molecular formula is C8H17NO2. The summed E-state index contributed by atoms with van der Waals surface area (Å²) in [5.41, 5.74) is 0. The molecule has 0 aliphatic carbocycles. The zero-order valence-electron chi connectivity index (χ0n) is 7.68. The summed E-state index contributed by atoms with van der Waals surface area (Å²) in [4.78, 5) is 11.1. The van der Waals surface area contributed by atoms with E-state index in [2.05, 4.69) is 5.32 Å². The van der Waals surface area contributed by atoms with E-state index in [-0.39, 0.29) is 17.9 Å². The van der Waals surface area contributed by atoms with Gasteiger partial charge in [-0.3, -0.25) is 4.79 Å². The second-order valence-corrected chi connectivity index (χ2v) is 2.76. The lowest BCUT2D eigenvalue weighted by Gasteiger charge is -2.17. The summed E-state index contributed by atoms with van der Waals surface area (Å²) in [6, 6.07) is -0.171. The first kappa shape index (κ1) is 10.4. The Kier molecular flexibility index (Phi) is 4.86. The van der Waals surface area contributed by atoms with Gasteiger partial charge in [0.15, 0.2) is 0 Å². The lowest BCUT2D eigenvalue weighted by Crippen LogP contribution is -2.39. The lowest BCUT2D eigenvalue weighted by molar-refractivity contribution is -0.146. The highest BCUT2D eigenvalue weighted by Crippen LogP contribution is 2.02. The predicted octanol–water partition coefficient (Wildman–Crippen LogP) is 0.793. The third-order valence-electron chi connectivity index (χ3n) is 1.52. The number of ether oxygens (including phenoxy) is 1. The molecule has 3 nitrogen and oxygen atoms in total. The first-order chi connectivity index (χ1) is 5.13. The average Bonchev–Trinajstić information content (AvgIpc) is 1.88. The summed E-state index contributed by atoms with van der Waals surface area (Å²) < 4.78 is 4.85. The molecule has 0 aromatic carbocycles. The summed E-state index contributed by atoms with van der Waals surface area (Å²) in [7, 11) is 1.77. The van der Waals surface area contributed by atoms with E-state index in [4.69, 9.17) is 4.74 Å². The first-order valence-electron chi connectivity index (χ1n) is 3.97.